The average Bonchev–Trinajstić information content (AvgIpc) is 2.14. The Morgan fingerprint density at radius 2 is 2.00 bits per heavy atom. The zero-order valence-corrected chi connectivity index (χ0v) is 9.64. The lowest BCUT2D eigenvalue weighted by molar-refractivity contribution is -0.127. The lowest BCUT2D eigenvalue weighted by atomic mass is 9.75. The molecular weight excluding hydrogens is 188 g/mol. The van der Waals surface area contributed by atoms with Crippen LogP contribution in [0.5, 0.6) is 0 Å². The number of hydrogen-bond donors (Lipinski definition) is 2. The molecule has 0 bridgehead atoms. The largest absolute Gasteiger partial charge is 0.355 e. The molecule has 3 nitrogen and oxygen atoms in total. The van der Waals surface area contributed by atoms with Crippen LogP contribution in [-0.4, -0.2) is 25.5 Å². The molecule has 0 radical (unpaired) electrons. The van der Waals surface area contributed by atoms with Gasteiger partial charge in [-0.05, 0) is 18.3 Å². The second kappa shape index (κ2) is 4.52. The highest BCUT2D eigenvalue weighted by Gasteiger charge is 2.30. The van der Waals surface area contributed by atoms with Gasteiger partial charge in [0.15, 0.2) is 0 Å². The molecule has 2 rings (SSSR count). The molecule has 2 fully saturated rings. The van der Waals surface area contributed by atoms with Crippen LogP contribution in [0.3, 0.4) is 0 Å². The molecule has 0 aromatic rings. The SMILES string of the molecule is CC1(CNC(=O)C2CNC2)CCCCC1. The fourth-order valence-corrected chi connectivity index (χ4v) is 2.50. The van der Waals surface area contributed by atoms with Gasteiger partial charge in [-0.1, -0.05) is 26.2 Å². The fourth-order valence-electron chi connectivity index (χ4n) is 2.50. The van der Waals surface area contributed by atoms with E-state index in [1.807, 2.05) is 0 Å². The molecule has 1 aliphatic heterocycles. The van der Waals surface area contributed by atoms with E-state index in [-0.39, 0.29) is 11.8 Å². The summed E-state index contributed by atoms with van der Waals surface area (Å²) in [6, 6.07) is 0. The third-order valence-electron chi connectivity index (χ3n) is 3.90. The van der Waals surface area contributed by atoms with Crippen LogP contribution in [0.2, 0.25) is 0 Å². The Bertz CT molecular complexity index is 230. The third-order valence-corrected chi connectivity index (χ3v) is 3.90. The number of amides is 1. The van der Waals surface area contributed by atoms with E-state index in [2.05, 4.69) is 17.6 Å². The van der Waals surface area contributed by atoms with Crippen molar-refractivity contribution in [3.63, 3.8) is 0 Å². The van der Waals surface area contributed by atoms with Crippen molar-refractivity contribution in [2.24, 2.45) is 11.3 Å². The maximum absolute atomic E-state index is 11.7. The van der Waals surface area contributed by atoms with Crippen LogP contribution in [0.15, 0.2) is 0 Å². The number of carbonyl (C=O) groups excluding carboxylic acids is 1. The summed E-state index contributed by atoms with van der Waals surface area (Å²) in [4.78, 5) is 11.7. The van der Waals surface area contributed by atoms with E-state index in [0.29, 0.717) is 5.41 Å². The Balaban J connectivity index is 1.73. The molecule has 1 heterocycles. The standard InChI is InChI=1S/C12H22N2O/c1-12(5-3-2-4-6-12)9-14-11(15)10-7-13-8-10/h10,13H,2-9H2,1H3,(H,14,15). The van der Waals surface area contributed by atoms with Gasteiger partial charge >= 0.3 is 0 Å². The molecule has 1 saturated heterocycles. The molecule has 0 unspecified atom stereocenters. The molecule has 0 atom stereocenters. The quantitative estimate of drug-likeness (QED) is 0.737. The molecular formula is C12H22N2O. The summed E-state index contributed by atoms with van der Waals surface area (Å²) in [5.74, 6) is 0.484. The van der Waals surface area contributed by atoms with Crippen LogP contribution in [0.1, 0.15) is 39.0 Å². The van der Waals surface area contributed by atoms with Gasteiger partial charge in [-0.15, -0.1) is 0 Å². The van der Waals surface area contributed by atoms with Gasteiger partial charge in [0.2, 0.25) is 5.91 Å². The molecule has 1 saturated carbocycles. The Morgan fingerprint density at radius 3 is 2.53 bits per heavy atom. The third kappa shape index (κ3) is 2.71. The summed E-state index contributed by atoms with van der Waals surface area (Å²) in [6.45, 7) is 4.92. The summed E-state index contributed by atoms with van der Waals surface area (Å²) in [5, 5.41) is 6.24. The number of nitrogens with one attached hydrogen (secondary N) is 2. The van der Waals surface area contributed by atoms with Gasteiger partial charge in [-0.25, -0.2) is 0 Å². The first-order valence-electron chi connectivity index (χ1n) is 6.18. The zero-order valence-electron chi connectivity index (χ0n) is 9.64. The van der Waals surface area contributed by atoms with Crippen molar-refractivity contribution in [3.05, 3.63) is 0 Å². The molecule has 1 amide bonds. The normalized spacial score (nSPS) is 25.7. The van der Waals surface area contributed by atoms with Crippen LogP contribution in [0, 0.1) is 11.3 Å². The van der Waals surface area contributed by atoms with Gasteiger partial charge in [-0.3, -0.25) is 4.79 Å². The van der Waals surface area contributed by atoms with Crippen LogP contribution in [0.4, 0.5) is 0 Å². The zero-order chi connectivity index (χ0) is 10.7. The van der Waals surface area contributed by atoms with Gasteiger partial charge in [0, 0.05) is 19.6 Å². The summed E-state index contributed by atoms with van der Waals surface area (Å²) < 4.78 is 0. The maximum atomic E-state index is 11.7. The minimum absolute atomic E-state index is 0.234. The van der Waals surface area contributed by atoms with Crippen molar-refractivity contribution in [1.29, 1.82) is 0 Å². The Morgan fingerprint density at radius 1 is 1.33 bits per heavy atom. The van der Waals surface area contributed by atoms with Gasteiger partial charge in [0.05, 0.1) is 5.92 Å². The highest BCUT2D eigenvalue weighted by Crippen LogP contribution is 2.34. The van der Waals surface area contributed by atoms with E-state index in [9.17, 15) is 4.79 Å². The summed E-state index contributed by atoms with van der Waals surface area (Å²) in [6.07, 6.45) is 6.58. The molecule has 0 aromatic carbocycles. The highest BCUT2D eigenvalue weighted by atomic mass is 16.2. The number of carbonyl (C=O) groups is 1. The first-order chi connectivity index (χ1) is 7.20. The molecule has 0 spiro atoms. The minimum Gasteiger partial charge on any atom is -0.355 e. The molecule has 0 aromatic heterocycles. The molecule has 15 heavy (non-hydrogen) atoms. The van der Waals surface area contributed by atoms with Gasteiger partial charge < -0.3 is 10.6 Å². The second-order valence-electron chi connectivity index (χ2n) is 5.44. The van der Waals surface area contributed by atoms with Crippen molar-refractivity contribution in [3.8, 4) is 0 Å². The van der Waals surface area contributed by atoms with Crippen molar-refractivity contribution >= 4 is 5.91 Å². The summed E-state index contributed by atoms with van der Waals surface area (Å²) in [7, 11) is 0. The van der Waals surface area contributed by atoms with Crippen LogP contribution >= 0.6 is 0 Å². The van der Waals surface area contributed by atoms with Crippen LogP contribution in [-0.2, 0) is 4.79 Å². The fraction of sp³-hybridized carbons (Fsp3) is 0.917. The number of hydrogen-bond acceptors (Lipinski definition) is 2. The van der Waals surface area contributed by atoms with E-state index < -0.39 is 0 Å². The van der Waals surface area contributed by atoms with E-state index in [1.54, 1.807) is 0 Å². The lowest BCUT2D eigenvalue weighted by Gasteiger charge is -2.35. The second-order valence-corrected chi connectivity index (χ2v) is 5.44. The monoisotopic (exact) mass is 210 g/mol. The predicted octanol–water partition coefficient (Wildman–Crippen LogP) is 1.29. The van der Waals surface area contributed by atoms with Crippen molar-refractivity contribution in [2.75, 3.05) is 19.6 Å². The van der Waals surface area contributed by atoms with E-state index in [4.69, 9.17) is 0 Å². The summed E-state index contributed by atoms with van der Waals surface area (Å²) >= 11 is 0. The van der Waals surface area contributed by atoms with Crippen molar-refractivity contribution in [1.82, 2.24) is 10.6 Å². The van der Waals surface area contributed by atoms with Crippen LogP contribution < -0.4 is 10.6 Å². The molecule has 1 aliphatic carbocycles. The molecule has 3 heteroatoms. The van der Waals surface area contributed by atoms with Gasteiger partial charge in [0.25, 0.3) is 0 Å². The Hall–Kier alpha value is -0.570. The highest BCUT2D eigenvalue weighted by molar-refractivity contribution is 5.80. The maximum Gasteiger partial charge on any atom is 0.225 e. The van der Waals surface area contributed by atoms with Gasteiger partial charge in [-0.2, -0.15) is 0 Å². The van der Waals surface area contributed by atoms with Crippen molar-refractivity contribution < 1.29 is 4.79 Å². The molecule has 2 aliphatic rings. The van der Waals surface area contributed by atoms with E-state index in [0.717, 1.165) is 19.6 Å². The lowest BCUT2D eigenvalue weighted by Crippen LogP contribution is -2.52. The molecule has 86 valence electrons. The van der Waals surface area contributed by atoms with Crippen molar-refractivity contribution in [2.45, 2.75) is 39.0 Å². The first kappa shape index (κ1) is 10.9. The topological polar surface area (TPSA) is 41.1 Å². The Labute approximate surface area is 92.0 Å². The van der Waals surface area contributed by atoms with Gasteiger partial charge in [0.1, 0.15) is 0 Å². The number of rotatable bonds is 3. The van der Waals surface area contributed by atoms with E-state index in [1.165, 1.54) is 32.1 Å². The Kier molecular flexibility index (Phi) is 3.29. The summed E-state index contributed by atoms with van der Waals surface area (Å²) in [5.41, 5.74) is 0.366. The average molecular weight is 210 g/mol. The van der Waals surface area contributed by atoms with Crippen LogP contribution in [0.25, 0.3) is 0 Å². The van der Waals surface area contributed by atoms with E-state index >= 15 is 0 Å². The smallest absolute Gasteiger partial charge is 0.225 e. The minimum atomic E-state index is 0.234. The molecule has 2 N–H and O–H groups in total. The predicted molar refractivity (Wildman–Crippen MR) is 60.6 cm³/mol. The first-order valence-corrected chi connectivity index (χ1v) is 6.18.